The third-order valence-electron chi connectivity index (χ3n) is 5.46. The van der Waals surface area contributed by atoms with Gasteiger partial charge < -0.3 is 15.0 Å². The molecule has 0 radical (unpaired) electrons. The monoisotopic (exact) mass is 432 g/mol. The predicted molar refractivity (Wildman–Crippen MR) is 123 cm³/mol. The van der Waals surface area contributed by atoms with Crippen molar-refractivity contribution in [3.05, 3.63) is 65.9 Å². The maximum Gasteiger partial charge on any atom is 0.227 e. The molecule has 3 aromatic rings. The number of carbonyl (C=O) groups excluding carboxylic acids is 2. The predicted octanol–water partition coefficient (Wildman–Crippen LogP) is 3.88. The standard InChI is InChI=1S/C25H28N4O3/c1-3-32-23-11-7-20(8-12-23)24-16-22-17-28(13-4-14-29(22)27-24)25(31)15-19-5-9-21(10-6-19)26-18(2)30/h5-12,16H,3-4,13-15,17H2,1-2H3,(H,26,30). The lowest BCUT2D eigenvalue weighted by Crippen LogP contribution is -2.32. The molecular weight excluding hydrogens is 404 g/mol. The van der Waals surface area contributed by atoms with Crippen LogP contribution in [0.25, 0.3) is 11.3 Å². The molecule has 4 rings (SSSR count). The Bertz CT molecular complexity index is 1090. The van der Waals surface area contributed by atoms with E-state index in [0.29, 0.717) is 26.1 Å². The normalized spacial score (nSPS) is 13.2. The van der Waals surface area contributed by atoms with Crippen LogP contribution >= 0.6 is 0 Å². The number of amides is 2. The highest BCUT2D eigenvalue weighted by atomic mass is 16.5. The summed E-state index contributed by atoms with van der Waals surface area (Å²) < 4.78 is 7.53. The van der Waals surface area contributed by atoms with Crippen LogP contribution in [0.15, 0.2) is 54.6 Å². The minimum atomic E-state index is -0.111. The number of hydrogen-bond donors (Lipinski definition) is 1. The van der Waals surface area contributed by atoms with Crippen LogP contribution in [0, 0.1) is 0 Å². The van der Waals surface area contributed by atoms with Crippen LogP contribution in [0.5, 0.6) is 5.75 Å². The zero-order valence-electron chi connectivity index (χ0n) is 18.5. The van der Waals surface area contributed by atoms with Gasteiger partial charge in [-0.05, 0) is 61.4 Å². The lowest BCUT2D eigenvalue weighted by atomic mass is 10.1. The highest BCUT2D eigenvalue weighted by Gasteiger charge is 2.21. The zero-order chi connectivity index (χ0) is 22.5. The molecule has 0 unspecified atom stereocenters. The van der Waals surface area contributed by atoms with Crippen molar-refractivity contribution in [3.63, 3.8) is 0 Å². The molecule has 32 heavy (non-hydrogen) atoms. The minimum Gasteiger partial charge on any atom is -0.494 e. The third kappa shape index (κ3) is 5.17. The van der Waals surface area contributed by atoms with Gasteiger partial charge in [-0.1, -0.05) is 12.1 Å². The molecular formula is C25H28N4O3. The molecule has 7 nitrogen and oxygen atoms in total. The molecule has 0 atom stereocenters. The number of aryl methyl sites for hydroxylation is 1. The maximum atomic E-state index is 13.0. The molecule has 1 N–H and O–H groups in total. The second-order valence-electron chi connectivity index (χ2n) is 7.93. The van der Waals surface area contributed by atoms with Gasteiger partial charge in [-0.2, -0.15) is 5.10 Å². The fourth-order valence-corrected chi connectivity index (χ4v) is 3.90. The molecule has 0 fully saturated rings. The molecule has 0 bridgehead atoms. The number of rotatable bonds is 6. The first-order valence-corrected chi connectivity index (χ1v) is 11.0. The Kier molecular flexibility index (Phi) is 6.54. The summed E-state index contributed by atoms with van der Waals surface area (Å²) in [6, 6.07) is 17.4. The summed E-state index contributed by atoms with van der Waals surface area (Å²) in [5.74, 6) is 0.827. The van der Waals surface area contributed by atoms with Gasteiger partial charge in [0.1, 0.15) is 5.75 Å². The van der Waals surface area contributed by atoms with E-state index >= 15 is 0 Å². The first-order chi connectivity index (χ1) is 15.5. The second-order valence-corrected chi connectivity index (χ2v) is 7.93. The lowest BCUT2D eigenvalue weighted by molar-refractivity contribution is -0.131. The van der Waals surface area contributed by atoms with Crippen molar-refractivity contribution in [2.24, 2.45) is 0 Å². The molecule has 2 aromatic carbocycles. The van der Waals surface area contributed by atoms with Crippen molar-refractivity contribution < 1.29 is 14.3 Å². The van der Waals surface area contributed by atoms with Gasteiger partial charge >= 0.3 is 0 Å². The van der Waals surface area contributed by atoms with E-state index in [1.807, 2.05) is 65.0 Å². The fourth-order valence-electron chi connectivity index (χ4n) is 3.90. The molecule has 2 heterocycles. The highest BCUT2D eigenvalue weighted by Crippen LogP contribution is 2.24. The van der Waals surface area contributed by atoms with Gasteiger partial charge in [0.2, 0.25) is 11.8 Å². The number of aromatic nitrogens is 2. The molecule has 0 saturated heterocycles. The Hall–Kier alpha value is -3.61. The van der Waals surface area contributed by atoms with Crippen LogP contribution in [0.4, 0.5) is 5.69 Å². The maximum absolute atomic E-state index is 13.0. The molecule has 0 aliphatic carbocycles. The van der Waals surface area contributed by atoms with E-state index in [0.717, 1.165) is 46.9 Å². The Balaban J connectivity index is 1.43. The van der Waals surface area contributed by atoms with Crippen LogP contribution in [0.3, 0.4) is 0 Å². The Morgan fingerprint density at radius 1 is 1.06 bits per heavy atom. The van der Waals surface area contributed by atoms with E-state index in [9.17, 15) is 9.59 Å². The van der Waals surface area contributed by atoms with Gasteiger partial charge in [-0.15, -0.1) is 0 Å². The van der Waals surface area contributed by atoms with E-state index in [4.69, 9.17) is 9.84 Å². The number of ether oxygens (including phenoxy) is 1. The SMILES string of the molecule is CCOc1ccc(-c2cc3n(n2)CCCN(C(=O)Cc2ccc(NC(C)=O)cc2)C3)cc1. The molecule has 1 aliphatic heterocycles. The largest absolute Gasteiger partial charge is 0.494 e. The van der Waals surface area contributed by atoms with Crippen molar-refractivity contribution in [2.45, 2.75) is 39.8 Å². The number of fused-ring (bicyclic) bond motifs is 1. The summed E-state index contributed by atoms with van der Waals surface area (Å²) in [5.41, 5.74) is 4.64. The molecule has 2 amide bonds. The van der Waals surface area contributed by atoms with Gasteiger partial charge in [0.15, 0.2) is 0 Å². The van der Waals surface area contributed by atoms with Crippen molar-refractivity contribution in [1.29, 1.82) is 0 Å². The van der Waals surface area contributed by atoms with E-state index < -0.39 is 0 Å². The van der Waals surface area contributed by atoms with E-state index in [2.05, 4.69) is 11.4 Å². The first-order valence-electron chi connectivity index (χ1n) is 11.0. The van der Waals surface area contributed by atoms with Gasteiger partial charge in [0, 0.05) is 31.3 Å². The summed E-state index contributed by atoms with van der Waals surface area (Å²) >= 11 is 0. The van der Waals surface area contributed by atoms with Gasteiger partial charge in [0.05, 0.1) is 31.0 Å². The molecule has 0 spiro atoms. The van der Waals surface area contributed by atoms with Crippen LogP contribution in [-0.2, 0) is 29.1 Å². The molecule has 7 heteroatoms. The Morgan fingerprint density at radius 2 is 1.81 bits per heavy atom. The van der Waals surface area contributed by atoms with Gasteiger partial charge in [0.25, 0.3) is 0 Å². The summed E-state index contributed by atoms with van der Waals surface area (Å²) in [4.78, 5) is 26.1. The molecule has 0 saturated carbocycles. The zero-order valence-corrected chi connectivity index (χ0v) is 18.5. The Labute approximate surface area is 188 Å². The van der Waals surface area contributed by atoms with Gasteiger partial charge in [-0.3, -0.25) is 14.3 Å². The number of nitrogens with one attached hydrogen (secondary N) is 1. The number of hydrogen-bond acceptors (Lipinski definition) is 4. The van der Waals surface area contributed by atoms with Crippen LogP contribution in [0.1, 0.15) is 31.5 Å². The number of nitrogens with zero attached hydrogens (tertiary/aromatic N) is 3. The summed E-state index contributed by atoms with van der Waals surface area (Å²) in [7, 11) is 0. The van der Waals surface area contributed by atoms with Crippen molar-refractivity contribution in [2.75, 3.05) is 18.5 Å². The van der Waals surface area contributed by atoms with Crippen molar-refractivity contribution in [3.8, 4) is 17.0 Å². The van der Waals surface area contributed by atoms with E-state index in [1.165, 1.54) is 6.92 Å². The van der Waals surface area contributed by atoms with E-state index in [1.54, 1.807) is 0 Å². The van der Waals surface area contributed by atoms with Crippen molar-refractivity contribution in [1.82, 2.24) is 14.7 Å². The first kappa shape index (κ1) is 21.6. The van der Waals surface area contributed by atoms with Crippen LogP contribution in [-0.4, -0.2) is 39.6 Å². The van der Waals surface area contributed by atoms with Crippen LogP contribution in [0.2, 0.25) is 0 Å². The smallest absolute Gasteiger partial charge is 0.227 e. The quantitative estimate of drug-likeness (QED) is 0.641. The minimum absolute atomic E-state index is 0.0922. The van der Waals surface area contributed by atoms with E-state index in [-0.39, 0.29) is 11.8 Å². The topological polar surface area (TPSA) is 76.5 Å². The van der Waals surface area contributed by atoms with Crippen molar-refractivity contribution >= 4 is 17.5 Å². The number of anilines is 1. The Morgan fingerprint density at radius 3 is 2.50 bits per heavy atom. The van der Waals surface area contributed by atoms with Crippen LogP contribution < -0.4 is 10.1 Å². The third-order valence-corrected chi connectivity index (χ3v) is 5.46. The average Bonchev–Trinajstić information content (AvgIpc) is 3.06. The number of benzene rings is 2. The average molecular weight is 433 g/mol. The lowest BCUT2D eigenvalue weighted by Gasteiger charge is -2.20. The highest BCUT2D eigenvalue weighted by molar-refractivity contribution is 5.88. The summed E-state index contributed by atoms with van der Waals surface area (Å²) in [5, 5.41) is 7.51. The fraction of sp³-hybridized carbons (Fsp3) is 0.320. The molecule has 1 aliphatic rings. The summed E-state index contributed by atoms with van der Waals surface area (Å²) in [6.07, 6.45) is 1.20. The van der Waals surface area contributed by atoms with Gasteiger partial charge in [-0.25, -0.2) is 0 Å². The molecule has 1 aromatic heterocycles. The summed E-state index contributed by atoms with van der Waals surface area (Å²) in [6.45, 7) is 6.14. The number of carbonyl (C=O) groups is 2. The second kappa shape index (κ2) is 9.68. The molecule has 166 valence electrons.